The predicted molar refractivity (Wildman–Crippen MR) is 120 cm³/mol. The van der Waals surface area contributed by atoms with Crippen molar-refractivity contribution in [2.75, 3.05) is 26.6 Å². The molecule has 166 valence electrons. The SMILES string of the molecule is COc1cc(C(=O)Nc2ccc(C(=O)OC3CCCCC3)cc2)c(Br)c(OC)c1OC. The van der Waals surface area contributed by atoms with Crippen molar-refractivity contribution in [2.24, 2.45) is 0 Å². The van der Waals surface area contributed by atoms with E-state index >= 15 is 0 Å². The third kappa shape index (κ3) is 5.31. The average molecular weight is 492 g/mol. The van der Waals surface area contributed by atoms with Crippen LogP contribution in [0.4, 0.5) is 5.69 Å². The van der Waals surface area contributed by atoms with Gasteiger partial charge in [0.25, 0.3) is 5.91 Å². The molecule has 31 heavy (non-hydrogen) atoms. The highest BCUT2D eigenvalue weighted by molar-refractivity contribution is 9.10. The molecule has 2 aromatic carbocycles. The lowest BCUT2D eigenvalue weighted by Gasteiger charge is -2.21. The third-order valence-electron chi connectivity index (χ3n) is 5.22. The van der Waals surface area contributed by atoms with Crippen LogP contribution < -0.4 is 19.5 Å². The highest BCUT2D eigenvalue weighted by Crippen LogP contribution is 2.44. The van der Waals surface area contributed by atoms with E-state index < -0.39 is 0 Å². The van der Waals surface area contributed by atoms with Gasteiger partial charge in [-0.05, 0) is 71.9 Å². The molecule has 3 rings (SSSR count). The van der Waals surface area contributed by atoms with Gasteiger partial charge in [-0.3, -0.25) is 4.79 Å². The monoisotopic (exact) mass is 491 g/mol. The number of carbonyl (C=O) groups is 2. The Morgan fingerprint density at radius 1 is 0.935 bits per heavy atom. The van der Waals surface area contributed by atoms with Crippen molar-refractivity contribution in [2.45, 2.75) is 38.2 Å². The molecule has 8 heteroatoms. The van der Waals surface area contributed by atoms with Gasteiger partial charge in [-0.25, -0.2) is 4.79 Å². The largest absolute Gasteiger partial charge is 0.493 e. The van der Waals surface area contributed by atoms with Crippen LogP contribution in [0.1, 0.15) is 52.8 Å². The first-order chi connectivity index (χ1) is 15.0. The molecule has 0 aromatic heterocycles. The van der Waals surface area contributed by atoms with E-state index in [4.69, 9.17) is 18.9 Å². The Morgan fingerprint density at radius 2 is 1.58 bits per heavy atom. The van der Waals surface area contributed by atoms with Gasteiger partial charge in [0.2, 0.25) is 5.75 Å². The molecule has 0 radical (unpaired) electrons. The zero-order valence-corrected chi connectivity index (χ0v) is 19.4. The molecule has 0 aliphatic heterocycles. The van der Waals surface area contributed by atoms with E-state index in [1.165, 1.54) is 27.8 Å². The van der Waals surface area contributed by atoms with Crippen molar-refractivity contribution in [1.29, 1.82) is 0 Å². The van der Waals surface area contributed by atoms with Crippen molar-refractivity contribution in [3.63, 3.8) is 0 Å². The lowest BCUT2D eigenvalue weighted by molar-refractivity contribution is 0.0211. The van der Waals surface area contributed by atoms with E-state index in [1.54, 1.807) is 30.3 Å². The minimum absolute atomic E-state index is 0.00184. The number of esters is 1. The minimum Gasteiger partial charge on any atom is -0.493 e. The summed E-state index contributed by atoms with van der Waals surface area (Å²) in [6.45, 7) is 0. The third-order valence-corrected chi connectivity index (χ3v) is 6.01. The van der Waals surface area contributed by atoms with Crippen LogP contribution in [0.25, 0.3) is 0 Å². The van der Waals surface area contributed by atoms with Gasteiger partial charge in [0.15, 0.2) is 11.5 Å². The Kier molecular flexibility index (Phi) is 7.79. The Bertz CT molecular complexity index is 938. The number of amides is 1. The van der Waals surface area contributed by atoms with Crippen LogP contribution in [-0.2, 0) is 4.74 Å². The molecule has 1 saturated carbocycles. The normalized spacial score (nSPS) is 13.9. The van der Waals surface area contributed by atoms with Gasteiger partial charge in [0.05, 0.1) is 36.9 Å². The molecule has 1 fully saturated rings. The van der Waals surface area contributed by atoms with Gasteiger partial charge >= 0.3 is 5.97 Å². The van der Waals surface area contributed by atoms with Gasteiger partial charge in [-0.15, -0.1) is 0 Å². The van der Waals surface area contributed by atoms with Crippen molar-refractivity contribution >= 4 is 33.5 Å². The summed E-state index contributed by atoms with van der Waals surface area (Å²) in [5.74, 6) is 0.399. The fraction of sp³-hybridized carbons (Fsp3) is 0.391. The van der Waals surface area contributed by atoms with Gasteiger partial charge < -0.3 is 24.3 Å². The molecule has 1 N–H and O–H groups in total. The predicted octanol–water partition coefficient (Wildman–Crippen LogP) is 5.22. The number of ether oxygens (including phenoxy) is 4. The molecule has 0 saturated heterocycles. The number of nitrogens with one attached hydrogen (secondary N) is 1. The molecule has 0 spiro atoms. The lowest BCUT2D eigenvalue weighted by atomic mass is 9.98. The molecule has 1 amide bonds. The standard InChI is InChI=1S/C23H26BrNO6/c1-28-18-13-17(19(24)21(30-3)20(18)29-2)22(26)25-15-11-9-14(10-12-15)23(27)31-16-7-5-4-6-8-16/h9-13,16H,4-8H2,1-3H3,(H,25,26). The zero-order chi connectivity index (χ0) is 22.4. The highest BCUT2D eigenvalue weighted by Gasteiger charge is 2.23. The van der Waals surface area contributed by atoms with Gasteiger partial charge in [0, 0.05) is 5.69 Å². The second kappa shape index (κ2) is 10.5. The quantitative estimate of drug-likeness (QED) is 0.534. The van der Waals surface area contributed by atoms with Crippen LogP contribution in [0.2, 0.25) is 0 Å². The zero-order valence-electron chi connectivity index (χ0n) is 17.8. The van der Waals surface area contributed by atoms with Crippen LogP contribution >= 0.6 is 15.9 Å². The lowest BCUT2D eigenvalue weighted by Crippen LogP contribution is -2.21. The molecular formula is C23H26BrNO6. The summed E-state index contributed by atoms with van der Waals surface area (Å²) >= 11 is 3.41. The summed E-state index contributed by atoms with van der Waals surface area (Å²) in [7, 11) is 4.46. The summed E-state index contributed by atoms with van der Waals surface area (Å²) in [6.07, 6.45) is 5.23. The minimum atomic E-state index is -0.372. The van der Waals surface area contributed by atoms with Crippen LogP contribution in [0.3, 0.4) is 0 Å². The van der Waals surface area contributed by atoms with Crippen molar-refractivity contribution in [1.82, 2.24) is 0 Å². The maximum atomic E-state index is 12.9. The van der Waals surface area contributed by atoms with E-state index in [0.29, 0.717) is 38.5 Å². The molecule has 7 nitrogen and oxygen atoms in total. The highest BCUT2D eigenvalue weighted by atomic mass is 79.9. The fourth-order valence-electron chi connectivity index (χ4n) is 3.58. The van der Waals surface area contributed by atoms with Crippen molar-refractivity contribution in [3.8, 4) is 17.2 Å². The number of carbonyl (C=O) groups excluding carboxylic acids is 2. The summed E-state index contributed by atoms with van der Waals surface area (Å²) in [4.78, 5) is 25.2. The molecule has 0 bridgehead atoms. The smallest absolute Gasteiger partial charge is 0.338 e. The van der Waals surface area contributed by atoms with E-state index in [9.17, 15) is 9.59 Å². The first-order valence-corrected chi connectivity index (χ1v) is 10.9. The molecule has 0 heterocycles. The summed E-state index contributed by atoms with van der Waals surface area (Å²) in [6, 6.07) is 8.19. The second-order valence-electron chi connectivity index (χ2n) is 7.20. The second-order valence-corrected chi connectivity index (χ2v) is 8.00. The molecule has 1 aliphatic rings. The topological polar surface area (TPSA) is 83.1 Å². The Labute approximate surface area is 190 Å². The number of rotatable bonds is 7. The number of benzene rings is 2. The van der Waals surface area contributed by atoms with Gasteiger partial charge in [0.1, 0.15) is 6.10 Å². The maximum absolute atomic E-state index is 12.9. The van der Waals surface area contributed by atoms with E-state index in [2.05, 4.69) is 21.2 Å². The van der Waals surface area contributed by atoms with Crippen molar-refractivity contribution < 1.29 is 28.5 Å². The number of hydrogen-bond donors (Lipinski definition) is 1. The summed E-state index contributed by atoms with van der Waals surface area (Å²) < 4.78 is 22.0. The fourth-order valence-corrected chi connectivity index (χ4v) is 4.21. The maximum Gasteiger partial charge on any atom is 0.338 e. The molecule has 0 unspecified atom stereocenters. The molecule has 2 aromatic rings. The van der Waals surface area contributed by atoms with Crippen molar-refractivity contribution in [3.05, 3.63) is 45.9 Å². The summed E-state index contributed by atoms with van der Waals surface area (Å²) in [5, 5.41) is 2.81. The van der Waals surface area contributed by atoms with Gasteiger partial charge in [-0.1, -0.05) is 6.42 Å². The Morgan fingerprint density at radius 3 is 2.16 bits per heavy atom. The van der Waals surface area contributed by atoms with E-state index in [0.717, 1.165) is 25.7 Å². The van der Waals surface area contributed by atoms with E-state index in [-0.39, 0.29) is 18.0 Å². The first-order valence-electron chi connectivity index (χ1n) is 10.1. The van der Waals surface area contributed by atoms with Crippen LogP contribution in [0, 0.1) is 0 Å². The number of halogens is 1. The molecular weight excluding hydrogens is 466 g/mol. The van der Waals surface area contributed by atoms with Crippen LogP contribution in [0.15, 0.2) is 34.8 Å². The van der Waals surface area contributed by atoms with E-state index in [1.807, 2.05) is 0 Å². The number of anilines is 1. The number of hydrogen-bond acceptors (Lipinski definition) is 6. The number of methoxy groups -OCH3 is 3. The Balaban J connectivity index is 1.73. The average Bonchev–Trinajstić information content (AvgIpc) is 2.79. The van der Waals surface area contributed by atoms with Gasteiger partial charge in [-0.2, -0.15) is 0 Å². The first kappa shape index (κ1) is 22.9. The molecule has 1 aliphatic carbocycles. The van der Waals surface area contributed by atoms with Crippen LogP contribution in [0.5, 0.6) is 17.2 Å². The Hall–Kier alpha value is -2.74. The molecule has 0 atom stereocenters. The van der Waals surface area contributed by atoms with Crippen LogP contribution in [-0.4, -0.2) is 39.3 Å². The summed E-state index contributed by atoms with van der Waals surface area (Å²) in [5.41, 5.74) is 1.31.